The summed E-state index contributed by atoms with van der Waals surface area (Å²) in [4.78, 5) is 41.1. The van der Waals surface area contributed by atoms with E-state index in [1.807, 2.05) is 43.3 Å². The number of amides is 2. The Morgan fingerprint density at radius 3 is 2.48 bits per heavy atom. The quantitative estimate of drug-likeness (QED) is 0.524. The molecule has 0 aliphatic carbocycles. The first-order chi connectivity index (χ1) is 14.9. The molecule has 1 heterocycles. The van der Waals surface area contributed by atoms with E-state index in [1.165, 1.54) is 18.1 Å². The van der Waals surface area contributed by atoms with Crippen LogP contribution >= 0.6 is 0 Å². The van der Waals surface area contributed by atoms with Crippen molar-refractivity contribution in [1.29, 1.82) is 0 Å². The Morgan fingerprint density at radius 1 is 1.06 bits per heavy atom. The lowest BCUT2D eigenvalue weighted by Crippen LogP contribution is -2.42. The van der Waals surface area contributed by atoms with Gasteiger partial charge in [0.1, 0.15) is 12.1 Å². The van der Waals surface area contributed by atoms with Crippen molar-refractivity contribution in [2.75, 3.05) is 13.1 Å². The molecule has 6 nitrogen and oxygen atoms in total. The number of rotatable bonds is 8. The first-order valence-corrected chi connectivity index (χ1v) is 10.1. The standard InChI is InChI=1S/C25H26N2O4/c1-4-12-26(19(3)28)16-24(29)27(14-20-8-6-5-7-9-20)15-21-17-31-23-11-10-18(2)13-22(23)25(21)30/h4-11,13,17H,1,12,14-16H2,2-3H3. The molecule has 160 valence electrons. The van der Waals surface area contributed by atoms with Crippen LogP contribution in [-0.2, 0) is 22.7 Å². The number of fused-ring (bicyclic) bond motifs is 1. The van der Waals surface area contributed by atoms with Gasteiger partial charge in [-0.1, -0.05) is 48.0 Å². The highest BCUT2D eigenvalue weighted by molar-refractivity contribution is 5.84. The predicted molar refractivity (Wildman–Crippen MR) is 120 cm³/mol. The molecule has 0 aliphatic rings. The van der Waals surface area contributed by atoms with Gasteiger partial charge in [-0.2, -0.15) is 0 Å². The lowest BCUT2D eigenvalue weighted by atomic mass is 10.1. The van der Waals surface area contributed by atoms with Crippen molar-refractivity contribution in [3.63, 3.8) is 0 Å². The maximum absolute atomic E-state index is 13.1. The zero-order valence-electron chi connectivity index (χ0n) is 17.8. The highest BCUT2D eigenvalue weighted by Gasteiger charge is 2.21. The van der Waals surface area contributed by atoms with E-state index in [0.29, 0.717) is 23.1 Å². The van der Waals surface area contributed by atoms with Crippen molar-refractivity contribution in [3.8, 4) is 0 Å². The minimum absolute atomic E-state index is 0.0831. The van der Waals surface area contributed by atoms with Gasteiger partial charge >= 0.3 is 0 Å². The molecule has 0 aliphatic heterocycles. The van der Waals surface area contributed by atoms with Crippen LogP contribution in [-0.4, -0.2) is 34.7 Å². The molecular formula is C25H26N2O4. The molecule has 2 amide bonds. The second-order valence-corrected chi connectivity index (χ2v) is 7.51. The van der Waals surface area contributed by atoms with Crippen LogP contribution in [0.3, 0.4) is 0 Å². The van der Waals surface area contributed by atoms with Crippen molar-refractivity contribution in [2.45, 2.75) is 26.9 Å². The summed E-state index contributed by atoms with van der Waals surface area (Å²) in [5.41, 5.74) is 2.62. The average Bonchev–Trinajstić information content (AvgIpc) is 2.75. The van der Waals surface area contributed by atoms with E-state index in [0.717, 1.165) is 11.1 Å². The summed E-state index contributed by atoms with van der Waals surface area (Å²) < 4.78 is 5.65. The Hall–Kier alpha value is -3.67. The van der Waals surface area contributed by atoms with Crippen molar-refractivity contribution < 1.29 is 14.0 Å². The number of nitrogens with zero attached hydrogens (tertiary/aromatic N) is 2. The maximum atomic E-state index is 13.1. The average molecular weight is 418 g/mol. The number of hydrogen-bond donors (Lipinski definition) is 0. The SMILES string of the molecule is C=CCN(CC(=O)N(Cc1ccccc1)Cc1coc2ccc(C)cc2c1=O)C(C)=O. The molecule has 0 saturated heterocycles. The highest BCUT2D eigenvalue weighted by Crippen LogP contribution is 2.16. The predicted octanol–water partition coefficient (Wildman–Crippen LogP) is 3.66. The topological polar surface area (TPSA) is 70.8 Å². The zero-order chi connectivity index (χ0) is 22.4. The van der Waals surface area contributed by atoms with Crippen LogP contribution in [0.25, 0.3) is 11.0 Å². The fraction of sp³-hybridized carbons (Fsp3) is 0.240. The smallest absolute Gasteiger partial charge is 0.242 e. The van der Waals surface area contributed by atoms with Gasteiger partial charge in [-0.15, -0.1) is 6.58 Å². The molecule has 6 heteroatoms. The molecule has 0 radical (unpaired) electrons. The van der Waals surface area contributed by atoms with Crippen molar-refractivity contribution in [1.82, 2.24) is 9.80 Å². The van der Waals surface area contributed by atoms with Gasteiger partial charge in [0, 0.05) is 20.0 Å². The highest BCUT2D eigenvalue weighted by atomic mass is 16.3. The van der Waals surface area contributed by atoms with Crippen LogP contribution in [0.2, 0.25) is 0 Å². The molecule has 0 saturated carbocycles. The molecule has 0 fully saturated rings. The first-order valence-electron chi connectivity index (χ1n) is 10.1. The van der Waals surface area contributed by atoms with Gasteiger partial charge in [0.25, 0.3) is 0 Å². The number of carbonyl (C=O) groups excluding carboxylic acids is 2. The Balaban J connectivity index is 1.92. The second kappa shape index (κ2) is 9.89. The summed E-state index contributed by atoms with van der Waals surface area (Å²) in [5, 5.41) is 0.488. The third kappa shape index (κ3) is 5.48. The third-order valence-corrected chi connectivity index (χ3v) is 5.05. The minimum atomic E-state index is -0.260. The van der Waals surface area contributed by atoms with E-state index in [-0.39, 0.29) is 36.9 Å². The molecule has 31 heavy (non-hydrogen) atoms. The van der Waals surface area contributed by atoms with Crippen LogP contribution in [0.5, 0.6) is 0 Å². The maximum Gasteiger partial charge on any atom is 0.242 e. The summed E-state index contributed by atoms with van der Waals surface area (Å²) in [6, 6.07) is 15.0. The van der Waals surface area contributed by atoms with Gasteiger partial charge in [-0.3, -0.25) is 14.4 Å². The van der Waals surface area contributed by atoms with E-state index >= 15 is 0 Å². The Bertz CT molecular complexity index is 1150. The Morgan fingerprint density at radius 2 is 1.81 bits per heavy atom. The van der Waals surface area contributed by atoms with Gasteiger partial charge in [-0.05, 0) is 24.6 Å². The van der Waals surface area contributed by atoms with Crippen LogP contribution in [0.1, 0.15) is 23.6 Å². The second-order valence-electron chi connectivity index (χ2n) is 7.51. The molecule has 0 spiro atoms. The van der Waals surface area contributed by atoms with Gasteiger partial charge < -0.3 is 14.2 Å². The zero-order valence-corrected chi connectivity index (χ0v) is 17.8. The molecule has 1 aromatic heterocycles. The van der Waals surface area contributed by atoms with E-state index in [9.17, 15) is 14.4 Å². The Labute approximate surface area is 181 Å². The molecule has 0 bridgehead atoms. The van der Waals surface area contributed by atoms with Crippen LogP contribution < -0.4 is 5.43 Å². The van der Waals surface area contributed by atoms with E-state index in [4.69, 9.17) is 4.42 Å². The van der Waals surface area contributed by atoms with Gasteiger partial charge in [0.2, 0.25) is 11.8 Å². The monoisotopic (exact) mass is 418 g/mol. The first kappa shape index (κ1) is 22.0. The fourth-order valence-corrected chi connectivity index (χ4v) is 3.36. The third-order valence-electron chi connectivity index (χ3n) is 5.05. The van der Waals surface area contributed by atoms with E-state index in [2.05, 4.69) is 6.58 Å². The van der Waals surface area contributed by atoms with Crippen LogP contribution in [0, 0.1) is 6.92 Å². The molecule has 2 aromatic carbocycles. The molecule has 3 rings (SSSR count). The summed E-state index contributed by atoms with van der Waals surface area (Å²) >= 11 is 0. The molecule has 0 unspecified atom stereocenters. The summed E-state index contributed by atoms with van der Waals surface area (Å²) in [6.07, 6.45) is 2.99. The summed E-state index contributed by atoms with van der Waals surface area (Å²) in [7, 11) is 0. The largest absolute Gasteiger partial charge is 0.464 e. The fourth-order valence-electron chi connectivity index (χ4n) is 3.36. The van der Waals surface area contributed by atoms with E-state index in [1.54, 1.807) is 23.1 Å². The van der Waals surface area contributed by atoms with Crippen molar-refractivity contribution >= 4 is 22.8 Å². The molecule has 0 atom stereocenters. The number of aryl methyl sites for hydroxylation is 1. The van der Waals surface area contributed by atoms with E-state index < -0.39 is 0 Å². The van der Waals surface area contributed by atoms with Gasteiger partial charge in [-0.25, -0.2) is 0 Å². The summed E-state index contributed by atoms with van der Waals surface area (Å²) in [6.45, 7) is 7.55. The Kier molecular flexibility index (Phi) is 7.03. The lowest BCUT2D eigenvalue weighted by Gasteiger charge is -2.26. The van der Waals surface area contributed by atoms with Crippen LogP contribution in [0.15, 0.2) is 76.7 Å². The molecule has 3 aromatic rings. The lowest BCUT2D eigenvalue weighted by molar-refractivity contribution is -0.139. The normalized spacial score (nSPS) is 10.6. The minimum Gasteiger partial charge on any atom is -0.464 e. The van der Waals surface area contributed by atoms with Gasteiger partial charge in [0.05, 0.1) is 23.8 Å². The number of benzene rings is 2. The van der Waals surface area contributed by atoms with Crippen molar-refractivity contribution in [2.24, 2.45) is 0 Å². The number of hydrogen-bond acceptors (Lipinski definition) is 4. The summed E-state index contributed by atoms with van der Waals surface area (Å²) in [5.74, 6) is -0.474. The van der Waals surface area contributed by atoms with Gasteiger partial charge in [0.15, 0.2) is 5.43 Å². The number of carbonyl (C=O) groups is 2. The molecule has 0 N–H and O–H groups in total. The van der Waals surface area contributed by atoms with Crippen LogP contribution in [0.4, 0.5) is 0 Å². The molecular weight excluding hydrogens is 392 g/mol. The van der Waals surface area contributed by atoms with Crippen molar-refractivity contribution in [3.05, 3.63) is 94.4 Å².